The smallest absolute Gasteiger partial charge is 0.264 e. The minimum Gasteiger partial charge on any atom is -0.494 e. The van der Waals surface area contributed by atoms with Crippen molar-refractivity contribution in [3.8, 4) is 11.9 Å². The molecule has 0 radical (unpaired) electrons. The maximum absolute atomic E-state index is 12.4. The fourth-order valence-electron chi connectivity index (χ4n) is 4.06. The molecular formula is C21H27N5O3S. The summed E-state index contributed by atoms with van der Waals surface area (Å²) in [4.78, 5) is 19.5. The highest BCUT2D eigenvalue weighted by Crippen LogP contribution is 2.38. The number of methoxy groups -OCH3 is 1. The zero-order valence-corrected chi connectivity index (χ0v) is 18.4. The lowest BCUT2D eigenvalue weighted by molar-refractivity contribution is 0.182. The van der Waals surface area contributed by atoms with Crippen LogP contribution in [0.15, 0.2) is 9.79 Å². The van der Waals surface area contributed by atoms with Crippen molar-refractivity contribution >= 4 is 24.3 Å². The molecule has 0 unspecified atom stereocenters. The molecule has 0 spiro atoms. The van der Waals surface area contributed by atoms with E-state index in [1.54, 1.807) is 7.11 Å². The molecule has 0 aliphatic heterocycles. The van der Waals surface area contributed by atoms with Gasteiger partial charge in [-0.15, -0.1) is 0 Å². The summed E-state index contributed by atoms with van der Waals surface area (Å²) in [5.41, 5.74) is 1.87. The van der Waals surface area contributed by atoms with Crippen molar-refractivity contribution in [3.63, 3.8) is 0 Å². The highest BCUT2D eigenvalue weighted by molar-refractivity contribution is 7.71. The van der Waals surface area contributed by atoms with Gasteiger partial charge in [0.2, 0.25) is 5.88 Å². The van der Waals surface area contributed by atoms with Gasteiger partial charge in [0, 0.05) is 25.1 Å². The quantitative estimate of drug-likeness (QED) is 0.536. The minimum absolute atomic E-state index is 0.00436. The third kappa shape index (κ3) is 4.11. The van der Waals surface area contributed by atoms with Gasteiger partial charge >= 0.3 is 0 Å². The predicted octanol–water partition coefficient (Wildman–Crippen LogP) is 3.80. The summed E-state index contributed by atoms with van der Waals surface area (Å²) in [5.74, 6) is 0.261. The van der Waals surface area contributed by atoms with Crippen LogP contribution in [0.3, 0.4) is 0 Å². The molecule has 2 aromatic heterocycles. The Bertz CT molecular complexity index is 1110. The number of aliphatic imine (C=N–C) groups is 1. The summed E-state index contributed by atoms with van der Waals surface area (Å²) >= 11 is 5.14. The number of ether oxygens (including phenoxy) is 1. The summed E-state index contributed by atoms with van der Waals surface area (Å²) in [6, 6.07) is 2.53. The van der Waals surface area contributed by atoms with Crippen molar-refractivity contribution in [1.29, 1.82) is 5.26 Å². The zero-order valence-electron chi connectivity index (χ0n) is 17.6. The molecule has 3 rings (SSSR count). The van der Waals surface area contributed by atoms with Gasteiger partial charge in [0.1, 0.15) is 11.6 Å². The number of aromatic hydroxyl groups is 1. The van der Waals surface area contributed by atoms with Crippen molar-refractivity contribution in [2.75, 3.05) is 13.7 Å². The lowest BCUT2D eigenvalue weighted by Gasteiger charge is -2.26. The molecule has 30 heavy (non-hydrogen) atoms. The zero-order chi connectivity index (χ0) is 21.8. The number of aromatic nitrogens is 3. The molecule has 1 fully saturated rings. The van der Waals surface area contributed by atoms with E-state index in [-0.39, 0.29) is 22.3 Å². The van der Waals surface area contributed by atoms with Crippen LogP contribution in [0.2, 0.25) is 0 Å². The van der Waals surface area contributed by atoms with Gasteiger partial charge in [-0.3, -0.25) is 14.3 Å². The normalized spacial score (nSPS) is 15.0. The molecule has 2 aromatic rings. The first-order chi connectivity index (χ1) is 14.4. The molecule has 2 heterocycles. The second-order valence-corrected chi connectivity index (χ2v) is 7.97. The van der Waals surface area contributed by atoms with Crippen molar-refractivity contribution in [2.45, 2.75) is 58.5 Å². The van der Waals surface area contributed by atoms with Crippen molar-refractivity contribution in [3.05, 3.63) is 37.5 Å². The van der Waals surface area contributed by atoms with Crippen LogP contribution in [0.1, 0.15) is 60.5 Å². The van der Waals surface area contributed by atoms with Crippen LogP contribution in [0.25, 0.3) is 0 Å². The Kier molecular flexibility index (Phi) is 6.90. The first-order valence-electron chi connectivity index (χ1n) is 10.1. The van der Waals surface area contributed by atoms with Gasteiger partial charge in [0.15, 0.2) is 10.6 Å². The van der Waals surface area contributed by atoms with Crippen LogP contribution in [0.5, 0.6) is 5.88 Å². The number of nitriles is 1. The third-order valence-electron chi connectivity index (χ3n) is 5.82. The Hall–Kier alpha value is -2.70. The van der Waals surface area contributed by atoms with E-state index in [2.05, 4.69) is 20.6 Å². The Balaban J connectivity index is 2.11. The second kappa shape index (κ2) is 9.41. The highest BCUT2D eigenvalue weighted by Gasteiger charge is 2.24. The number of nitrogens with one attached hydrogen (secondary N) is 1. The number of nitrogens with zero attached hydrogens (tertiary/aromatic N) is 4. The van der Waals surface area contributed by atoms with Crippen molar-refractivity contribution in [2.24, 2.45) is 4.99 Å². The second-order valence-electron chi connectivity index (χ2n) is 7.58. The summed E-state index contributed by atoms with van der Waals surface area (Å²) < 4.78 is 8.67. The maximum Gasteiger partial charge on any atom is 0.264 e. The molecule has 8 nitrogen and oxygen atoms in total. The molecule has 0 bridgehead atoms. The molecule has 160 valence electrons. The molecule has 0 saturated heterocycles. The minimum atomic E-state index is -0.530. The van der Waals surface area contributed by atoms with Crippen LogP contribution in [0, 0.1) is 29.9 Å². The number of H-pyrrole nitrogens is 1. The number of hydrogen-bond donors (Lipinski definition) is 2. The first-order valence-corrected chi connectivity index (χ1v) is 10.5. The van der Waals surface area contributed by atoms with Gasteiger partial charge in [-0.1, -0.05) is 19.3 Å². The summed E-state index contributed by atoms with van der Waals surface area (Å²) in [5, 5.41) is 20.4. The van der Waals surface area contributed by atoms with E-state index < -0.39 is 5.56 Å². The lowest BCUT2D eigenvalue weighted by atomic mass is 9.95. The predicted molar refractivity (Wildman–Crippen MR) is 117 cm³/mol. The van der Waals surface area contributed by atoms with Crippen molar-refractivity contribution < 1.29 is 9.84 Å². The average molecular weight is 430 g/mol. The molecular weight excluding hydrogens is 402 g/mol. The standard InChI is InChI=1S/C21H27N5O3S/c1-13-14(2)26(15-7-5-4-6-8-15)18(16(13)11-22)23-12-17-19(27)24-21(30)25(20(17)28)9-10-29-3/h12,15,28H,4-10H2,1-3H3,(H,24,27,30)/b23-12+. The number of rotatable bonds is 6. The van der Waals surface area contributed by atoms with E-state index in [0.29, 0.717) is 24.5 Å². The van der Waals surface area contributed by atoms with E-state index in [4.69, 9.17) is 17.0 Å². The van der Waals surface area contributed by atoms with Crippen LogP contribution < -0.4 is 5.56 Å². The SMILES string of the molecule is COCCn1c(O)c(/C=N/c2c(C#N)c(C)c(C)n2C2CCCCC2)c(=O)[nH]c1=S. The topological polar surface area (TPSA) is 108 Å². The lowest BCUT2D eigenvalue weighted by Crippen LogP contribution is -2.20. The van der Waals surface area contributed by atoms with Gasteiger partial charge in [0.25, 0.3) is 5.56 Å². The first kappa shape index (κ1) is 22.0. The Morgan fingerprint density at radius 1 is 1.37 bits per heavy atom. The fourth-order valence-corrected chi connectivity index (χ4v) is 4.33. The van der Waals surface area contributed by atoms with E-state index in [1.165, 1.54) is 17.2 Å². The summed E-state index contributed by atoms with van der Waals surface area (Å²) in [6.07, 6.45) is 6.91. The highest BCUT2D eigenvalue weighted by atomic mass is 32.1. The summed E-state index contributed by atoms with van der Waals surface area (Å²) in [6.45, 7) is 4.53. The Morgan fingerprint density at radius 3 is 2.70 bits per heavy atom. The van der Waals surface area contributed by atoms with Crippen LogP contribution in [0.4, 0.5) is 5.82 Å². The molecule has 1 aliphatic carbocycles. The van der Waals surface area contributed by atoms with Gasteiger partial charge in [-0.25, -0.2) is 4.99 Å². The van der Waals surface area contributed by atoms with Crippen LogP contribution in [-0.4, -0.2) is 39.2 Å². The molecule has 9 heteroatoms. The molecule has 1 aliphatic rings. The van der Waals surface area contributed by atoms with Gasteiger partial charge < -0.3 is 14.4 Å². The molecule has 0 atom stereocenters. The maximum atomic E-state index is 12.4. The number of aromatic amines is 1. The Morgan fingerprint density at radius 2 is 2.07 bits per heavy atom. The average Bonchev–Trinajstić information content (AvgIpc) is 2.97. The molecule has 1 saturated carbocycles. The van der Waals surface area contributed by atoms with E-state index >= 15 is 0 Å². The molecule has 0 aromatic carbocycles. The number of hydrogen-bond acceptors (Lipinski definition) is 6. The fraction of sp³-hybridized carbons (Fsp3) is 0.524. The monoisotopic (exact) mass is 429 g/mol. The van der Waals surface area contributed by atoms with Gasteiger partial charge in [-0.05, 0) is 44.5 Å². The van der Waals surface area contributed by atoms with E-state index in [9.17, 15) is 15.2 Å². The molecule has 2 N–H and O–H groups in total. The van der Waals surface area contributed by atoms with Gasteiger partial charge in [-0.2, -0.15) is 5.26 Å². The van der Waals surface area contributed by atoms with Crippen LogP contribution >= 0.6 is 12.2 Å². The van der Waals surface area contributed by atoms with Crippen LogP contribution in [-0.2, 0) is 11.3 Å². The third-order valence-corrected chi connectivity index (χ3v) is 6.15. The summed E-state index contributed by atoms with van der Waals surface area (Å²) in [7, 11) is 1.54. The van der Waals surface area contributed by atoms with E-state index in [0.717, 1.165) is 36.9 Å². The Labute approximate surface area is 180 Å². The van der Waals surface area contributed by atoms with E-state index in [1.807, 2.05) is 13.8 Å². The van der Waals surface area contributed by atoms with Gasteiger partial charge in [0.05, 0.1) is 18.7 Å². The largest absolute Gasteiger partial charge is 0.494 e. The van der Waals surface area contributed by atoms with Crippen molar-refractivity contribution in [1.82, 2.24) is 14.1 Å². The molecule has 0 amide bonds.